The lowest BCUT2D eigenvalue weighted by molar-refractivity contribution is 0.0308. The molecule has 1 aliphatic rings. The topological polar surface area (TPSA) is 48.1 Å². The van der Waals surface area contributed by atoms with Crippen molar-refractivity contribution in [2.75, 3.05) is 13.2 Å². The first-order valence-electron chi connectivity index (χ1n) is 3.63. The highest BCUT2D eigenvalue weighted by Crippen LogP contribution is 2.09. The van der Waals surface area contributed by atoms with E-state index in [9.17, 15) is 4.79 Å². The smallest absolute Gasteiger partial charge is 0.432 e. The summed E-state index contributed by atoms with van der Waals surface area (Å²) in [6.45, 7) is 4.55. The van der Waals surface area contributed by atoms with E-state index in [0.717, 1.165) is 0 Å². The zero-order valence-corrected chi connectivity index (χ0v) is 6.70. The molecular weight excluding hydrogens is 148 g/mol. The Morgan fingerprint density at radius 2 is 2.36 bits per heavy atom. The van der Waals surface area contributed by atoms with Crippen LogP contribution in [0.2, 0.25) is 0 Å². The molecule has 0 aliphatic carbocycles. The molecule has 0 radical (unpaired) electrons. The van der Waals surface area contributed by atoms with Crippen molar-refractivity contribution in [1.82, 2.24) is 0 Å². The second kappa shape index (κ2) is 3.57. The molecule has 11 heavy (non-hydrogen) atoms. The van der Waals surface area contributed by atoms with Gasteiger partial charge in [-0.1, -0.05) is 0 Å². The van der Waals surface area contributed by atoms with Crippen LogP contribution in [-0.4, -0.2) is 31.6 Å². The Bertz CT molecular complexity index is 139. The molecule has 1 fully saturated rings. The first-order valence-corrected chi connectivity index (χ1v) is 3.63. The molecule has 1 rings (SSSR count). The van der Waals surface area contributed by atoms with Gasteiger partial charge in [0.2, 0.25) is 0 Å². The molecule has 64 valence electrons. The van der Waals surface area contributed by atoms with E-state index in [0.29, 0.717) is 13.2 Å². The summed E-state index contributed by atoms with van der Waals surface area (Å²) in [6.07, 6.45) is -0.632. The van der Waals surface area contributed by atoms with Gasteiger partial charge in [0.15, 0.2) is 0 Å². The number of hydrogen-bond donors (Lipinski definition) is 0. The average molecular weight is 160 g/mol. The monoisotopic (exact) mass is 160 g/mol. The lowest BCUT2D eigenvalue weighted by Crippen LogP contribution is -2.15. The number of carbonyl (C=O) groups is 1. The summed E-state index contributed by atoms with van der Waals surface area (Å²) in [5.74, 6) is 0. The Hall–Kier alpha value is -0.770. The third kappa shape index (κ3) is 3.83. The zero-order chi connectivity index (χ0) is 8.27. The Balaban J connectivity index is 2.00. The highest BCUT2D eigenvalue weighted by Gasteiger charge is 2.24. The van der Waals surface area contributed by atoms with Crippen LogP contribution in [0.1, 0.15) is 13.8 Å². The fraction of sp³-hybridized carbons (Fsp3) is 0.857. The molecule has 1 heterocycles. The van der Waals surface area contributed by atoms with Gasteiger partial charge in [-0.05, 0) is 13.8 Å². The van der Waals surface area contributed by atoms with Crippen molar-refractivity contribution in [2.24, 2.45) is 0 Å². The molecule has 0 saturated carbocycles. The fourth-order valence-electron chi connectivity index (χ4n) is 0.552. The summed E-state index contributed by atoms with van der Waals surface area (Å²) in [7, 11) is 0. The lowest BCUT2D eigenvalue weighted by Gasteiger charge is -2.06. The third-order valence-corrected chi connectivity index (χ3v) is 1.12. The normalized spacial score (nSPS) is 21.5. The first-order chi connectivity index (χ1) is 5.18. The van der Waals surface area contributed by atoms with Crippen molar-refractivity contribution in [2.45, 2.75) is 26.1 Å². The van der Waals surface area contributed by atoms with Crippen molar-refractivity contribution >= 4 is 6.16 Å². The van der Waals surface area contributed by atoms with Crippen LogP contribution >= 0.6 is 0 Å². The van der Waals surface area contributed by atoms with Gasteiger partial charge in [0.25, 0.3) is 0 Å². The van der Waals surface area contributed by atoms with E-state index in [1.807, 2.05) is 0 Å². The molecule has 0 aromatic carbocycles. The van der Waals surface area contributed by atoms with Gasteiger partial charge in [-0.25, -0.2) is 4.79 Å². The van der Waals surface area contributed by atoms with Gasteiger partial charge in [0, 0.05) is 0 Å². The number of rotatable bonds is 3. The maximum absolute atomic E-state index is 10.7. The van der Waals surface area contributed by atoms with Crippen LogP contribution in [0.25, 0.3) is 0 Å². The minimum absolute atomic E-state index is 0.106. The average Bonchev–Trinajstić information content (AvgIpc) is 2.63. The van der Waals surface area contributed by atoms with Crippen molar-refractivity contribution in [3.8, 4) is 0 Å². The summed E-state index contributed by atoms with van der Waals surface area (Å²) in [5, 5.41) is 0. The number of hydrogen-bond acceptors (Lipinski definition) is 4. The molecule has 0 aromatic heterocycles. The minimum atomic E-state index is -0.615. The molecule has 1 atom stereocenters. The Morgan fingerprint density at radius 1 is 1.73 bits per heavy atom. The van der Waals surface area contributed by atoms with E-state index in [2.05, 4.69) is 0 Å². The van der Waals surface area contributed by atoms with Crippen molar-refractivity contribution in [1.29, 1.82) is 0 Å². The molecule has 4 nitrogen and oxygen atoms in total. The van der Waals surface area contributed by atoms with Crippen LogP contribution in [0.4, 0.5) is 4.79 Å². The van der Waals surface area contributed by atoms with Gasteiger partial charge in [-0.3, -0.25) is 0 Å². The Labute approximate surface area is 65.4 Å². The fourth-order valence-corrected chi connectivity index (χ4v) is 0.552. The van der Waals surface area contributed by atoms with E-state index in [-0.39, 0.29) is 12.2 Å². The van der Waals surface area contributed by atoms with Crippen molar-refractivity contribution in [3.63, 3.8) is 0 Å². The zero-order valence-electron chi connectivity index (χ0n) is 6.70. The standard InChI is InChI=1S/C7H12O4/c1-5(2)11-7(8)10-4-6-3-9-6/h5-6H,3-4H2,1-2H3. The molecule has 0 spiro atoms. The van der Waals surface area contributed by atoms with Crippen LogP contribution < -0.4 is 0 Å². The molecule has 0 bridgehead atoms. The minimum Gasteiger partial charge on any atom is -0.432 e. The van der Waals surface area contributed by atoms with E-state index >= 15 is 0 Å². The maximum Gasteiger partial charge on any atom is 0.508 e. The summed E-state index contributed by atoms with van der Waals surface area (Å²) in [4.78, 5) is 10.7. The predicted molar refractivity (Wildman–Crippen MR) is 37.3 cm³/mol. The lowest BCUT2D eigenvalue weighted by atomic mass is 10.5. The van der Waals surface area contributed by atoms with E-state index in [1.165, 1.54) is 0 Å². The maximum atomic E-state index is 10.7. The van der Waals surface area contributed by atoms with Crippen molar-refractivity contribution in [3.05, 3.63) is 0 Å². The summed E-state index contributed by atoms with van der Waals surface area (Å²) in [6, 6.07) is 0. The first kappa shape index (κ1) is 8.33. The summed E-state index contributed by atoms with van der Waals surface area (Å²) in [5.41, 5.74) is 0. The summed E-state index contributed by atoms with van der Waals surface area (Å²) < 4.78 is 14.2. The van der Waals surface area contributed by atoms with Crippen LogP contribution in [-0.2, 0) is 14.2 Å². The van der Waals surface area contributed by atoms with Gasteiger partial charge in [0.1, 0.15) is 12.7 Å². The Kier molecular flexibility index (Phi) is 2.70. The second-order valence-electron chi connectivity index (χ2n) is 2.68. The van der Waals surface area contributed by atoms with Crippen LogP contribution in [0.5, 0.6) is 0 Å². The van der Waals surface area contributed by atoms with Crippen molar-refractivity contribution < 1.29 is 19.0 Å². The van der Waals surface area contributed by atoms with Gasteiger partial charge in [0.05, 0.1) is 12.7 Å². The van der Waals surface area contributed by atoms with Gasteiger partial charge in [-0.2, -0.15) is 0 Å². The van der Waals surface area contributed by atoms with Crippen LogP contribution in [0, 0.1) is 0 Å². The van der Waals surface area contributed by atoms with Crippen LogP contribution in [0.3, 0.4) is 0 Å². The molecule has 0 aromatic rings. The van der Waals surface area contributed by atoms with Gasteiger partial charge in [-0.15, -0.1) is 0 Å². The molecule has 1 saturated heterocycles. The summed E-state index contributed by atoms with van der Waals surface area (Å²) >= 11 is 0. The number of carbonyl (C=O) groups excluding carboxylic acids is 1. The highest BCUT2D eigenvalue weighted by atomic mass is 16.7. The van der Waals surface area contributed by atoms with E-state index in [4.69, 9.17) is 14.2 Å². The third-order valence-electron chi connectivity index (χ3n) is 1.12. The van der Waals surface area contributed by atoms with E-state index < -0.39 is 6.16 Å². The molecule has 0 amide bonds. The predicted octanol–water partition coefficient (Wildman–Crippen LogP) is 0.947. The molecular formula is C7H12O4. The molecule has 1 aliphatic heterocycles. The van der Waals surface area contributed by atoms with Gasteiger partial charge >= 0.3 is 6.16 Å². The second-order valence-corrected chi connectivity index (χ2v) is 2.68. The Morgan fingerprint density at radius 3 is 2.82 bits per heavy atom. The molecule has 4 heteroatoms. The highest BCUT2D eigenvalue weighted by molar-refractivity contribution is 5.60. The van der Waals surface area contributed by atoms with Crippen LogP contribution in [0.15, 0.2) is 0 Å². The molecule has 1 unspecified atom stereocenters. The van der Waals surface area contributed by atoms with Gasteiger partial charge < -0.3 is 14.2 Å². The number of epoxide rings is 1. The molecule has 0 N–H and O–H groups in total. The quantitative estimate of drug-likeness (QED) is 0.455. The largest absolute Gasteiger partial charge is 0.508 e. The SMILES string of the molecule is CC(C)OC(=O)OCC1CO1. The number of ether oxygens (including phenoxy) is 3. The van der Waals surface area contributed by atoms with E-state index in [1.54, 1.807) is 13.8 Å².